The number of ether oxygens (including phenoxy) is 1. The lowest BCUT2D eigenvalue weighted by Crippen LogP contribution is -2.25. The fraction of sp³-hybridized carbons (Fsp3) is 0.455. The quantitative estimate of drug-likeness (QED) is 0.510. The van der Waals surface area contributed by atoms with Crippen molar-refractivity contribution in [2.75, 3.05) is 6.61 Å². The van der Waals surface area contributed by atoms with E-state index in [0.717, 1.165) is 42.7 Å². The molecule has 0 aliphatic rings. The van der Waals surface area contributed by atoms with Crippen LogP contribution in [0, 0.1) is 18.8 Å². The summed E-state index contributed by atoms with van der Waals surface area (Å²) in [6.07, 6.45) is 5.54. The smallest absolute Gasteiger partial charge is 0.269 e. The van der Waals surface area contributed by atoms with Crippen LogP contribution < -0.4 is 10.1 Å². The molecule has 5 nitrogen and oxygen atoms in total. The Morgan fingerprint density at radius 3 is 2.78 bits per heavy atom. The van der Waals surface area contributed by atoms with Crippen LogP contribution in [0.25, 0.3) is 0 Å². The zero-order valence-electron chi connectivity index (χ0n) is 16.5. The van der Waals surface area contributed by atoms with E-state index in [9.17, 15) is 4.79 Å². The van der Waals surface area contributed by atoms with Gasteiger partial charge in [0.05, 0.1) is 12.3 Å². The summed E-state index contributed by atoms with van der Waals surface area (Å²) in [4.78, 5) is 12.3. The normalized spacial score (nSPS) is 10.2. The van der Waals surface area contributed by atoms with E-state index in [1.807, 2.05) is 38.1 Å². The molecule has 1 heterocycles. The Hall–Kier alpha value is -2.74. The van der Waals surface area contributed by atoms with Gasteiger partial charge in [0.2, 0.25) is 0 Å². The minimum absolute atomic E-state index is 0.128. The molecule has 1 aromatic carbocycles. The molecular formula is C22H29N3O2. The molecule has 0 saturated carbocycles. The van der Waals surface area contributed by atoms with Gasteiger partial charge in [0.1, 0.15) is 11.4 Å². The summed E-state index contributed by atoms with van der Waals surface area (Å²) < 4.78 is 7.43. The van der Waals surface area contributed by atoms with Crippen molar-refractivity contribution in [3.05, 3.63) is 47.3 Å². The van der Waals surface area contributed by atoms with Crippen molar-refractivity contribution in [3.8, 4) is 17.6 Å². The second-order valence-electron chi connectivity index (χ2n) is 6.56. The molecule has 0 atom stereocenters. The molecule has 0 fully saturated rings. The Bertz CT molecular complexity index is 799. The highest BCUT2D eigenvalue weighted by Gasteiger charge is 2.11. The van der Waals surface area contributed by atoms with E-state index < -0.39 is 0 Å². The molecule has 2 rings (SSSR count). The van der Waals surface area contributed by atoms with Gasteiger partial charge in [0.25, 0.3) is 5.91 Å². The molecule has 5 heteroatoms. The summed E-state index contributed by atoms with van der Waals surface area (Å²) in [6, 6.07) is 9.65. The van der Waals surface area contributed by atoms with Gasteiger partial charge in [0, 0.05) is 20.0 Å². The van der Waals surface area contributed by atoms with E-state index in [1.165, 1.54) is 6.42 Å². The first-order valence-electron chi connectivity index (χ1n) is 9.50. The van der Waals surface area contributed by atoms with Crippen LogP contribution in [0.15, 0.2) is 30.3 Å². The van der Waals surface area contributed by atoms with Gasteiger partial charge in [-0.2, -0.15) is 5.10 Å². The van der Waals surface area contributed by atoms with Crippen LogP contribution in [-0.2, 0) is 13.6 Å². The predicted octanol–water partition coefficient (Wildman–Crippen LogP) is 4.01. The van der Waals surface area contributed by atoms with Gasteiger partial charge in [-0.15, -0.1) is 11.8 Å². The summed E-state index contributed by atoms with van der Waals surface area (Å²) in [5.74, 6) is 6.73. The Morgan fingerprint density at radius 2 is 2.04 bits per heavy atom. The van der Waals surface area contributed by atoms with Crippen molar-refractivity contribution in [2.45, 2.75) is 52.5 Å². The SMILES string of the molecule is CC#CCCCCCCOc1cccc(CNC(=O)c2cc(C)nn2C)c1. The first-order chi connectivity index (χ1) is 13.1. The van der Waals surface area contributed by atoms with E-state index in [0.29, 0.717) is 18.8 Å². The topological polar surface area (TPSA) is 56.1 Å². The maximum absolute atomic E-state index is 12.3. The monoisotopic (exact) mass is 367 g/mol. The van der Waals surface area contributed by atoms with E-state index in [2.05, 4.69) is 22.3 Å². The number of rotatable bonds is 10. The number of carbonyl (C=O) groups is 1. The number of aromatic nitrogens is 2. The Kier molecular flexibility index (Phi) is 8.44. The van der Waals surface area contributed by atoms with E-state index in [-0.39, 0.29) is 5.91 Å². The molecule has 1 amide bonds. The van der Waals surface area contributed by atoms with Gasteiger partial charge in [-0.05, 0) is 50.5 Å². The van der Waals surface area contributed by atoms with Crippen molar-refractivity contribution in [3.63, 3.8) is 0 Å². The van der Waals surface area contributed by atoms with Crippen molar-refractivity contribution < 1.29 is 9.53 Å². The van der Waals surface area contributed by atoms with Gasteiger partial charge in [0.15, 0.2) is 0 Å². The summed E-state index contributed by atoms with van der Waals surface area (Å²) in [7, 11) is 1.77. The molecule has 27 heavy (non-hydrogen) atoms. The zero-order valence-corrected chi connectivity index (χ0v) is 16.5. The highest BCUT2D eigenvalue weighted by atomic mass is 16.5. The Morgan fingerprint density at radius 1 is 1.22 bits per heavy atom. The van der Waals surface area contributed by atoms with Gasteiger partial charge >= 0.3 is 0 Å². The van der Waals surface area contributed by atoms with E-state index in [4.69, 9.17) is 4.74 Å². The summed E-state index contributed by atoms with van der Waals surface area (Å²) in [5, 5.41) is 7.13. The van der Waals surface area contributed by atoms with Gasteiger partial charge in [-0.25, -0.2) is 0 Å². The third-order valence-corrected chi connectivity index (χ3v) is 4.23. The van der Waals surface area contributed by atoms with Crippen molar-refractivity contribution >= 4 is 5.91 Å². The van der Waals surface area contributed by atoms with E-state index >= 15 is 0 Å². The predicted molar refractivity (Wildman–Crippen MR) is 108 cm³/mol. The second kappa shape index (κ2) is 11.1. The number of nitrogens with one attached hydrogen (secondary N) is 1. The van der Waals surface area contributed by atoms with Gasteiger partial charge in [-0.3, -0.25) is 9.48 Å². The van der Waals surface area contributed by atoms with Crippen LogP contribution in [0.4, 0.5) is 0 Å². The Labute approximate surface area is 162 Å². The third-order valence-electron chi connectivity index (χ3n) is 4.23. The minimum Gasteiger partial charge on any atom is -0.494 e. The highest BCUT2D eigenvalue weighted by molar-refractivity contribution is 5.92. The Balaban J connectivity index is 1.72. The third kappa shape index (κ3) is 7.18. The minimum atomic E-state index is -0.128. The van der Waals surface area contributed by atoms with Crippen LogP contribution in [0.5, 0.6) is 5.75 Å². The maximum Gasteiger partial charge on any atom is 0.269 e. The molecule has 1 N–H and O–H groups in total. The van der Waals surface area contributed by atoms with Crippen LogP contribution in [0.3, 0.4) is 0 Å². The average Bonchev–Trinajstić information content (AvgIpc) is 3.00. The fourth-order valence-electron chi connectivity index (χ4n) is 2.83. The number of benzene rings is 1. The number of aryl methyl sites for hydroxylation is 2. The molecular weight excluding hydrogens is 338 g/mol. The molecule has 0 spiro atoms. The molecule has 2 aromatic rings. The lowest BCUT2D eigenvalue weighted by molar-refractivity contribution is 0.0941. The lowest BCUT2D eigenvalue weighted by Gasteiger charge is -2.09. The molecule has 1 aromatic heterocycles. The van der Waals surface area contributed by atoms with Gasteiger partial charge < -0.3 is 10.1 Å². The summed E-state index contributed by atoms with van der Waals surface area (Å²) >= 11 is 0. The van der Waals surface area contributed by atoms with Gasteiger partial charge in [-0.1, -0.05) is 25.0 Å². The number of amides is 1. The summed E-state index contributed by atoms with van der Waals surface area (Å²) in [6.45, 7) is 4.92. The standard InChI is InChI=1S/C22H29N3O2/c1-4-5-6-7-8-9-10-14-27-20-13-11-12-19(16-20)17-23-22(26)21-15-18(2)24-25(21)3/h11-13,15-16H,6-10,14,17H2,1-3H3,(H,23,26). The van der Waals surface area contributed by atoms with Crippen molar-refractivity contribution in [1.82, 2.24) is 15.1 Å². The van der Waals surface area contributed by atoms with Crippen LogP contribution in [0.2, 0.25) is 0 Å². The van der Waals surface area contributed by atoms with Crippen LogP contribution in [0.1, 0.15) is 60.8 Å². The fourth-order valence-corrected chi connectivity index (χ4v) is 2.83. The highest BCUT2D eigenvalue weighted by Crippen LogP contribution is 2.14. The number of hydrogen-bond donors (Lipinski definition) is 1. The second-order valence-corrected chi connectivity index (χ2v) is 6.56. The molecule has 0 aliphatic carbocycles. The average molecular weight is 367 g/mol. The van der Waals surface area contributed by atoms with Crippen LogP contribution in [-0.4, -0.2) is 22.3 Å². The maximum atomic E-state index is 12.3. The zero-order chi connectivity index (χ0) is 19.5. The first kappa shape index (κ1) is 20.6. The number of hydrogen-bond acceptors (Lipinski definition) is 3. The molecule has 0 saturated heterocycles. The van der Waals surface area contributed by atoms with Crippen LogP contribution >= 0.6 is 0 Å². The molecule has 144 valence electrons. The largest absolute Gasteiger partial charge is 0.494 e. The molecule has 0 aliphatic heterocycles. The lowest BCUT2D eigenvalue weighted by atomic mass is 10.1. The molecule has 0 radical (unpaired) electrons. The number of unbranched alkanes of at least 4 members (excludes halogenated alkanes) is 4. The number of nitrogens with zero attached hydrogens (tertiary/aromatic N) is 2. The summed E-state index contributed by atoms with van der Waals surface area (Å²) in [5.41, 5.74) is 2.40. The molecule has 0 bridgehead atoms. The first-order valence-corrected chi connectivity index (χ1v) is 9.50. The molecule has 0 unspecified atom stereocenters. The van der Waals surface area contributed by atoms with E-state index in [1.54, 1.807) is 17.8 Å². The number of carbonyl (C=O) groups excluding carboxylic acids is 1. The van der Waals surface area contributed by atoms with Crippen molar-refractivity contribution in [2.24, 2.45) is 7.05 Å². The van der Waals surface area contributed by atoms with Crippen molar-refractivity contribution in [1.29, 1.82) is 0 Å².